The Hall–Kier alpha value is -1.37. The molecule has 5 nitrogen and oxygen atoms in total. The number of pyridine rings is 1. The Morgan fingerprint density at radius 2 is 2.19 bits per heavy atom. The molecule has 0 aromatic carbocycles. The van der Waals surface area contributed by atoms with Gasteiger partial charge in [-0.3, -0.25) is 14.6 Å². The van der Waals surface area contributed by atoms with Crippen LogP contribution in [0.25, 0.3) is 0 Å². The molecule has 2 aromatic rings. The number of aromatic nitrogens is 3. The second-order valence-corrected chi connectivity index (χ2v) is 9.46. The third kappa shape index (κ3) is 3.97. The number of ether oxygens (including phenoxy) is 1. The van der Waals surface area contributed by atoms with Crippen molar-refractivity contribution >= 4 is 11.8 Å². The molecule has 140 valence electrons. The maximum atomic E-state index is 6.14. The van der Waals surface area contributed by atoms with E-state index in [1.807, 2.05) is 29.9 Å². The lowest BCUT2D eigenvalue weighted by Gasteiger charge is -2.47. The smallest absolute Gasteiger partial charge is 0.0892 e. The van der Waals surface area contributed by atoms with Gasteiger partial charge in [-0.1, -0.05) is 6.07 Å². The van der Waals surface area contributed by atoms with Gasteiger partial charge in [0.25, 0.3) is 0 Å². The molecule has 26 heavy (non-hydrogen) atoms. The molecule has 6 heteroatoms. The van der Waals surface area contributed by atoms with Crippen LogP contribution in [0.3, 0.4) is 0 Å². The number of hydrogen-bond acceptors (Lipinski definition) is 5. The summed E-state index contributed by atoms with van der Waals surface area (Å²) in [7, 11) is 0. The molecule has 0 unspecified atom stereocenters. The molecular formula is C20H28N4OS. The highest BCUT2D eigenvalue weighted by Gasteiger charge is 2.49. The Balaban J connectivity index is 1.23. The van der Waals surface area contributed by atoms with Crippen molar-refractivity contribution in [2.45, 2.75) is 57.2 Å². The molecule has 0 saturated carbocycles. The number of nitrogens with zero attached hydrogens (tertiary/aromatic N) is 4. The summed E-state index contributed by atoms with van der Waals surface area (Å²) in [4.78, 5) is 7.06. The summed E-state index contributed by atoms with van der Waals surface area (Å²) < 4.78 is 8.58. The van der Waals surface area contributed by atoms with Crippen LogP contribution in [0, 0.1) is 6.92 Å². The Bertz CT molecular complexity index is 754. The molecule has 0 bridgehead atoms. The van der Waals surface area contributed by atoms with Gasteiger partial charge in [0.1, 0.15) is 0 Å². The van der Waals surface area contributed by atoms with E-state index in [0.29, 0.717) is 23.5 Å². The van der Waals surface area contributed by atoms with Crippen LogP contribution in [-0.4, -0.2) is 49.4 Å². The molecule has 2 saturated heterocycles. The van der Waals surface area contributed by atoms with Gasteiger partial charge in [0.15, 0.2) is 0 Å². The lowest BCUT2D eigenvalue weighted by Crippen LogP contribution is -2.58. The van der Waals surface area contributed by atoms with Crippen LogP contribution in [0.1, 0.15) is 43.3 Å². The van der Waals surface area contributed by atoms with Crippen molar-refractivity contribution in [3.05, 3.63) is 47.5 Å². The van der Waals surface area contributed by atoms with E-state index in [0.717, 1.165) is 43.2 Å². The van der Waals surface area contributed by atoms with Crippen molar-refractivity contribution in [1.82, 2.24) is 19.7 Å². The molecule has 2 aliphatic heterocycles. The molecule has 0 N–H and O–H groups in total. The van der Waals surface area contributed by atoms with Gasteiger partial charge < -0.3 is 4.74 Å². The SMILES string of the molecule is Cc1cccc(CO[C@@H]2CSC3(C2)CN(Cc2cnn(C(C)C)c2)C3)n1. The fraction of sp³-hybridized carbons (Fsp3) is 0.600. The van der Waals surface area contributed by atoms with Crippen LogP contribution >= 0.6 is 11.8 Å². The minimum atomic E-state index is 0.355. The first-order chi connectivity index (χ1) is 12.5. The number of thioether (sulfide) groups is 1. The molecule has 0 radical (unpaired) electrons. The van der Waals surface area contributed by atoms with Crippen LogP contribution in [0.15, 0.2) is 30.6 Å². The molecule has 4 rings (SSSR count). The van der Waals surface area contributed by atoms with Gasteiger partial charge in [0.2, 0.25) is 0 Å². The standard InChI is InChI=1S/C20H28N4OS/c1-15(2)24-10-17(8-21-24)9-23-13-20(14-23)7-19(12-26-20)25-11-18-6-4-5-16(3)22-18/h4-6,8,10,15,19H,7,9,11-14H2,1-3H3/t19-/m0/s1. The van der Waals surface area contributed by atoms with Gasteiger partial charge >= 0.3 is 0 Å². The number of hydrogen-bond donors (Lipinski definition) is 0. The molecule has 2 aliphatic rings. The zero-order chi connectivity index (χ0) is 18.1. The topological polar surface area (TPSA) is 43.2 Å². The van der Waals surface area contributed by atoms with Crippen molar-refractivity contribution in [2.75, 3.05) is 18.8 Å². The van der Waals surface area contributed by atoms with E-state index in [1.165, 1.54) is 5.56 Å². The zero-order valence-electron chi connectivity index (χ0n) is 15.9. The maximum Gasteiger partial charge on any atom is 0.0892 e. The summed E-state index contributed by atoms with van der Waals surface area (Å²) >= 11 is 2.09. The first kappa shape index (κ1) is 18.0. The van der Waals surface area contributed by atoms with E-state index in [4.69, 9.17) is 4.74 Å². The minimum absolute atomic E-state index is 0.355. The Morgan fingerprint density at radius 1 is 1.35 bits per heavy atom. The molecule has 2 fully saturated rings. The predicted octanol–water partition coefficient (Wildman–Crippen LogP) is 3.44. The first-order valence-electron chi connectivity index (χ1n) is 9.45. The van der Waals surface area contributed by atoms with Crippen LogP contribution in [0.4, 0.5) is 0 Å². The second-order valence-electron chi connectivity index (χ2n) is 7.97. The van der Waals surface area contributed by atoms with Crippen molar-refractivity contribution in [3.8, 4) is 0 Å². The monoisotopic (exact) mass is 372 g/mol. The van der Waals surface area contributed by atoms with Crippen LogP contribution < -0.4 is 0 Å². The van der Waals surface area contributed by atoms with Crippen LogP contribution in [0.2, 0.25) is 0 Å². The predicted molar refractivity (Wildman–Crippen MR) is 105 cm³/mol. The Kier molecular flexibility index (Phi) is 5.08. The highest BCUT2D eigenvalue weighted by Crippen LogP contribution is 2.46. The van der Waals surface area contributed by atoms with Gasteiger partial charge in [0.05, 0.1) is 24.6 Å². The van der Waals surface area contributed by atoms with Crippen LogP contribution in [-0.2, 0) is 17.9 Å². The summed E-state index contributed by atoms with van der Waals surface area (Å²) in [6, 6.07) is 6.56. The van der Waals surface area contributed by atoms with Gasteiger partial charge in [-0.05, 0) is 39.3 Å². The van der Waals surface area contributed by atoms with E-state index in [1.54, 1.807) is 0 Å². The van der Waals surface area contributed by atoms with E-state index >= 15 is 0 Å². The Labute approximate surface area is 160 Å². The molecule has 1 atom stereocenters. The van der Waals surface area contributed by atoms with Crippen molar-refractivity contribution in [3.63, 3.8) is 0 Å². The average molecular weight is 373 g/mol. The Morgan fingerprint density at radius 3 is 2.92 bits per heavy atom. The lowest BCUT2D eigenvalue weighted by atomic mass is 9.92. The molecule has 0 amide bonds. The average Bonchev–Trinajstić information content (AvgIpc) is 3.20. The highest BCUT2D eigenvalue weighted by molar-refractivity contribution is 8.01. The summed E-state index contributed by atoms with van der Waals surface area (Å²) in [6.07, 6.45) is 5.70. The van der Waals surface area contributed by atoms with Crippen molar-refractivity contribution in [1.29, 1.82) is 0 Å². The third-order valence-corrected chi connectivity index (χ3v) is 6.78. The fourth-order valence-corrected chi connectivity index (χ4v) is 5.50. The van der Waals surface area contributed by atoms with E-state index < -0.39 is 0 Å². The lowest BCUT2D eigenvalue weighted by molar-refractivity contribution is 0.0250. The van der Waals surface area contributed by atoms with Crippen molar-refractivity contribution in [2.24, 2.45) is 0 Å². The highest BCUT2D eigenvalue weighted by atomic mass is 32.2. The largest absolute Gasteiger partial charge is 0.371 e. The van der Waals surface area contributed by atoms with Gasteiger partial charge in [-0.25, -0.2) is 0 Å². The minimum Gasteiger partial charge on any atom is -0.371 e. The summed E-state index contributed by atoms with van der Waals surface area (Å²) in [6.45, 7) is 10.3. The fourth-order valence-electron chi connectivity index (χ4n) is 3.89. The zero-order valence-corrected chi connectivity index (χ0v) is 16.7. The second kappa shape index (κ2) is 7.33. The third-order valence-electron chi connectivity index (χ3n) is 5.20. The first-order valence-corrected chi connectivity index (χ1v) is 10.4. The summed E-state index contributed by atoms with van der Waals surface area (Å²) in [5.74, 6) is 1.10. The molecule has 2 aromatic heterocycles. The van der Waals surface area contributed by atoms with E-state index in [9.17, 15) is 0 Å². The van der Waals surface area contributed by atoms with E-state index in [2.05, 4.69) is 52.9 Å². The number of aryl methyl sites for hydroxylation is 1. The van der Waals surface area contributed by atoms with Crippen molar-refractivity contribution < 1.29 is 4.74 Å². The molecule has 0 aliphatic carbocycles. The molecule has 1 spiro atoms. The summed E-state index contributed by atoms with van der Waals surface area (Å²) in [5.41, 5.74) is 3.40. The number of likely N-dealkylation sites (tertiary alicyclic amines) is 1. The number of rotatable bonds is 6. The molecule has 4 heterocycles. The van der Waals surface area contributed by atoms with E-state index in [-0.39, 0.29) is 0 Å². The summed E-state index contributed by atoms with van der Waals surface area (Å²) in [5, 5.41) is 4.45. The van der Waals surface area contributed by atoms with Gasteiger partial charge in [-0.15, -0.1) is 11.8 Å². The molecular weight excluding hydrogens is 344 g/mol. The van der Waals surface area contributed by atoms with Gasteiger partial charge in [-0.2, -0.15) is 5.10 Å². The maximum absolute atomic E-state index is 6.14. The van der Waals surface area contributed by atoms with Crippen LogP contribution in [0.5, 0.6) is 0 Å². The normalized spacial score (nSPS) is 22.2. The van der Waals surface area contributed by atoms with Gasteiger partial charge in [0, 0.05) is 53.6 Å². The quantitative estimate of drug-likeness (QED) is 0.777.